The summed E-state index contributed by atoms with van der Waals surface area (Å²) in [5.74, 6) is 2.90. The number of nitrogens with one attached hydrogen (secondary N) is 1. The standard InChI is InChI=1S/C23H30N2O2/c1-15(23-12-16-9-17(13-23)11-18(10-16)14-23)24-22(27)19-4-6-20(7-5-19)25-8-2-3-21(25)26/h4-7,15-18H,2-3,8-14H2,1H3,(H,24,27). The number of hydrogen-bond donors (Lipinski definition) is 1. The fourth-order valence-corrected chi connectivity index (χ4v) is 6.85. The van der Waals surface area contributed by atoms with Crippen molar-refractivity contribution in [2.24, 2.45) is 23.2 Å². The van der Waals surface area contributed by atoms with Crippen molar-refractivity contribution in [2.45, 2.75) is 64.3 Å². The molecule has 1 aliphatic heterocycles. The molecule has 27 heavy (non-hydrogen) atoms. The lowest BCUT2D eigenvalue weighted by Crippen LogP contribution is -2.55. The summed E-state index contributed by atoms with van der Waals surface area (Å²) in [5.41, 5.74) is 1.93. The molecule has 6 rings (SSSR count). The second-order valence-corrected chi connectivity index (χ2v) is 9.67. The summed E-state index contributed by atoms with van der Waals surface area (Å²) in [5, 5.41) is 3.33. The fourth-order valence-electron chi connectivity index (χ4n) is 6.85. The minimum atomic E-state index is 0.0255. The van der Waals surface area contributed by atoms with Crippen molar-refractivity contribution in [3.63, 3.8) is 0 Å². The summed E-state index contributed by atoms with van der Waals surface area (Å²) < 4.78 is 0. The first-order chi connectivity index (χ1) is 13.0. The summed E-state index contributed by atoms with van der Waals surface area (Å²) in [6.45, 7) is 3.01. The molecule has 1 aromatic carbocycles. The molecule has 2 amide bonds. The molecule has 5 fully saturated rings. The van der Waals surface area contributed by atoms with E-state index in [-0.39, 0.29) is 17.9 Å². The molecule has 1 heterocycles. The monoisotopic (exact) mass is 366 g/mol. The molecule has 4 nitrogen and oxygen atoms in total. The minimum absolute atomic E-state index is 0.0255. The fraction of sp³-hybridized carbons (Fsp3) is 0.652. The Kier molecular flexibility index (Phi) is 4.06. The van der Waals surface area contributed by atoms with Gasteiger partial charge in [-0.05, 0) is 99.3 Å². The predicted molar refractivity (Wildman–Crippen MR) is 106 cm³/mol. The molecule has 5 aliphatic rings. The van der Waals surface area contributed by atoms with Crippen LogP contribution in [-0.2, 0) is 4.79 Å². The maximum atomic E-state index is 12.9. The molecular formula is C23H30N2O2. The summed E-state index contributed by atoms with van der Waals surface area (Å²) >= 11 is 0. The highest BCUT2D eigenvalue weighted by Gasteiger charge is 2.53. The van der Waals surface area contributed by atoms with E-state index in [0.29, 0.717) is 17.4 Å². The average molecular weight is 367 g/mol. The molecule has 1 unspecified atom stereocenters. The van der Waals surface area contributed by atoms with E-state index in [1.165, 1.54) is 38.5 Å². The molecule has 1 atom stereocenters. The van der Waals surface area contributed by atoms with Crippen LogP contribution < -0.4 is 10.2 Å². The highest BCUT2D eigenvalue weighted by molar-refractivity contribution is 5.97. The van der Waals surface area contributed by atoms with Crippen molar-refractivity contribution in [1.82, 2.24) is 5.32 Å². The van der Waals surface area contributed by atoms with Crippen LogP contribution in [0, 0.1) is 23.2 Å². The quantitative estimate of drug-likeness (QED) is 0.870. The molecular weight excluding hydrogens is 336 g/mol. The van der Waals surface area contributed by atoms with Gasteiger partial charge in [-0.15, -0.1) is 0 Å². The van der Waals surface area contributed by atoms with Crippen LogP contribution >= 0.6 is 0 Å². The van der Waals surface area contributed by atoms with Crippen LogP contribution in [0.4, 0.5) is 5.69 Å². The lowest BCUT2D eigenvalue weighted by Gasteiger charge is -2.59. The van der Waals surface area contributed by atoms with Crippen molar-refractivity contribution in [3.05, 3.63) is 29.8 Å². The molecule has 4 aliphatic carbocycles. The second kappa shape index (κ2) is 6.35. The largest absolute Gasteiger partial charge is 0.349 e. The summed E-state index contributed by atoms with van der Waals surface area (Å²) in [6, 6.07) is 7.78. The topological polar surface area (TPSA) is 49.4 Å². The Morgan fingerprint density at radius 1 is 1.07 bits per heavy atom. The van der Waals surface area contributed by atoms with Gasteiger partial charge < -0.3 is 10.2 Å². The number of amides is 2. The molecule has 4 saturated carbocycles. The maximum absolute atomic E-state index is 12.9. The second-order valence-electron chi connectivity index (χ2n) is 9.67. The Bertz CT molecular complexity index is 719. The number of nitrogens with zero attached hydrogens (tertiary/aromatic N) is 1. The SMILES string of the molecule is CC(NC(=O)c1ccc(N2CCCC2=O)cc1)C12CC3CC(CC(C3)C1)C2. The third-order valence-corrected chi connectivity index (χ3v) is 7.87. The summed E-state index contributed by atoms with van der Waals surface area (Å²) in [6.07, 6.45) is 9.74. The van der Waals surface area contributed by atoms with Crippen LogP contribution in [0.25, 0.3) is 0 Å². The summed E-state index contributed by atoms with van der Waals surface area (Å²) in [4.78, 5) is 26.6. The Morgan fingerprint density at radius 3 is 2.19 bits per heavy atom. The lowest BCUT2D eigenvalue weighted by molar-refractivity contribution is -0.117. The van der Waals surface area contributed by atoms with E-state index >= 15 is 0 Å². The molecule has 1 aromatic rings. The van der Waals surface area contributed by atoms with Gasteiger partial charge in [0.1, 0.15) is 0 Å². The number of carbonyl (C=O) groups excluding carboxylic acids is 2. The van der Waals surface area contributed by atoms with Gasteiger partial charge in [0, 0.05) is 30.3 Å². The van der Waals surface area contributed by atoms with E-state index in [4.69, 9.17) is 0 Å². The van der Waals surface area contributed by atoms with Crippen molar-refractivity contribution in [1.29, 1.82) is 0 Å². The summed E-state index contributed by atoms with van der Waals surface area (Å²) in [7, 11) is 0. The van der Waals surface area contributed by atoms with Gasteiger partial charge in [-0.3, -0.25) is 9.59 Å². The van der Waals surface area contributed by atoms with E-state index < -0.39 is 0 Å². The van der Waals surface area contributed by atoms with E-state index in [9.17, 15) is 9.59 Å². The third kappa shape index (κ3) is 2.97. The van der Waals surface area contributed by atoms with Crippen molar-refractivity contribution in [2.75, 3.05) is 11.4 Å². The van der Waals surface area contributed by atoms with Crippen LogP contribution in [-0.4, -0.2) is 24.4 Å². The Hall–Kier alpha value is -1.84. The van der Waals surface area contributed by atoms with Gasteiger partial charge in [-0.25, -0.2) is 0 Å². The molecule has 4 bridgehead atoms. The average Bonchev–Trinajstić information content (AvgIpc) is 3.06. The van der Waals surface area contributed by atoms with Crippen LogP contribution in [0.2, 0.25) is 0 Å². The highest BCUT2D eigenvalue weighted by Crippen LogP contribution is 2.61. The van der Waals surface area contributed by atoms with Gasteiger partial charge in [0.15, 0.2) is 0 Å². The van der Waals surface area contributed by atoms with E-state index in [2.05, 4.69) is 12.2 Å². The molecule has 1 N–H and O–H groups in total. The highest BCUT2D eigenvalue weighted by atomic mass is 16.2. The number of rotatable bonds is 4. The molecule has 4 heteroatoms. The Morgan fingerprint density at radius 2 is 1.67 bits per heavy atom. The lowest BCUT2D eigenvalue weighted by atomic mass is 9.48. The first-order valence-electron chi connectivity index (χ1n) is 10.7. The van der Waals surface area contributed by atoms with Crippen molar-refractivity contribution >= 4 is 17.5 Å². The Labute approximate surface area is 161 Å². The molecule has 0 aromatic heterocycles. The smallest absolute Gasteiger partial charge is 0.251 e. The van der Waals surface area contributed by atoms with Gasteiger partial charge in [-0.2, -0.15) is 0 Å². The number of carbonyl (C=O) groups is 2. The normalized spacial score (nSPS) is 35.5. The van der Waals surface area contributed by atoms with Gasteiger partial charge in [-0.1, -0.05) is 0 Å². The molecule has 144 valence electrons. The molecule has 0 radical (unpaired) electrons. The van der Waals surface area contributed by atoms with Gasteiger partial charge in [0.05, 0.1) is 0 Å². The number of anilines is 1. The van der Waals surface area contributed by atoms with Crippen molar-refractivity contribution < 1.29 is 9.59 Å². The van der Waals surface area contributed by atoms with Crippen LogP contribution in [0.1, 0.15) is 68.6 Å². The zero-order valence-corrected chi connectivity index (χ0v) is 16.2. The van der Waals surface area contributed by atoms with Crippen molar-refractivity contribution in [3.8, 4) is 0 Å². The number of benzene rings is 1. The predicted octanol–water partition coefficient (Wildman–Crippen LogP) is 4.15. The first-order valence-corrected chi connectivity index (χ1v) is 10.7. The maximum Gasteiger partial charge on any atom is 0.251 e. The van der Waals surface area contributed by atoms with E-state index in [1.54, 1.807) is 0 Å². The first kappa shape index (κ1) is 17.3. The zero-order valence-electron chi connectivity index (χ0n) is 16.2. The van der Waals surface area contributed by atoms with Gasteiger partial charge in [0.2, 0.25) is 5.91 Å². The molecule has 0 spiro atoms. The van der Waals surface area contributed by atoms with E-state index in [1.807, 2.05) is 29.2 Å². The molecule has 1 saturated heterocycles. The zero-order chi connectivity index (χ0) is 18.6. The van der Waals surface area contributed by atoms with Gasteiger partial charge >= 0.3 is 0 Å². The number of hydrogen-bond acceptors (Lipinski definition) is 2. The Balaban J connectivity index is 1.27. The van der Waals surface area contributed by atoms with Crippen LogP contribution in [0.3, 0.4) is 0 Å². The van der Waals surface area contributed by atoms with E-state index in [0.717, 1.165) is 36.4 Å². The van der Waals surface area contributed by atoms with Crippen LogP contribution in [0.15, 0.2) is 24.3 Å². The van der Waals surface area contributed by atoms with Gasteiger partial charge in [0.25, 0.3) is 5.91 Å². The minimum Gasteiger partial charge on any atom is -0.349 e. The van der Waals surface area contributed by atoms with Crippen LogP contribution in [0.5, 0.6) is 0 Å². The third-order valence-electron chi connectivity index (χ3n) is 7.87.